The molecule has 17 heavy (non-hydrogen) atoms. The van der Waals surface area contributed by atoms with Crippen LogP contribution in [0, 0.1) is 10.1 Å². The molecule has 0 atom stereocenters. The Morgan fingerprint density at radius 1 is 1.47 bits per heavy atom. The van der Waals surface area contributed by atoms with Crippen LogP contribution >= 0.6 is 0 Å². The van der Waals surface area contributed by atoms with Gasteiger partial charge in [0.2, 0.25) is 0 Å². The number of nitrogens with zero attached hydrogens (tertiary/aromatic N) is 1. The molecule has 0 aliphatic heterocycles. The summed E-state index contributed by atoms with van der Waals surface area (Å²) in [6.45, 7) is 0.807. The molecule has 0 amide bonds. The molecule has 2 N–H and O–H groups in total. The minimum absolute atomic E-state index is 0.124. The first-order valence-corrected chi connectivity index (χ1v) is 5.23. The highest BCUT2D eigenvalue weighted by Crippen LogP contribution is 2.28. The van der Waals surface area contributed by atoms with Gasteiger partial charge in [-0.25, -0.2) is 0 Å². The van der Waals surface area contributed by atoms with Crippen molar-refractivity contribution >= 4 is 12.0 Å². The zero-order valence-corrected chi connectivity index (χ0v) is 9.30. The minimum atomic E-state index is -0.522. The lowest BCUT2D eigenvalue weighted by Crippen LogP contribution is -2.07. The Bertz CT molecular complexity index is 406. The first-order chi connectivity index (χ1) is 8.19. The van der Waals surface area contributed by atoms with Crippen molar-refractivity contribution in [2.45, 2.75) is 12.8 Å². The zero-order valence-electron chi connectivity index (χ0n) is 9.30. The number of hydrogen-bond acceptors (Lipinski definition) is 5. The molecule has 1 aromatic rings. The van der Waals surface area contributed by atoms with Crippen molar-refractivity contribution in [2.24, 2.45) is 5.73 Å². The van der Waals surface area contributed by atoms with E-state index in [0.717, 1.165) is 0 Å². The van der Waals surface area contributed by atoms with Crippen LogP contribution in [0.25, 0.3) is 0 Å². The fourth-order valence-corrected chi connectivity index (χ4v) is 1.32. The molecule has 0 saturated carbocycles. The summed E-state index contributed by atoms with van der Waals surface area (Å²) in [5.74, 6) is 0.207. The number of nitro groups is 1. The number of aldehydes is 1. The third-order valence-electron chi connectivity index (χ3n) is 2.15. The van der Waals surface area contributed by atoms with Gasteiger partial charge in [0, 0.05) is 12.5 Å². The molecular weight excluding hydrogens is 224 g/mol. The lowest BCUT2D eigenvalue weighted by atomic mass is 10.1. The molecule has 0 aliphatic carbocycles. The molecule has 0 aromatic heterocycles. The van der Waals surface area contributed by atoms with E-state index in [1.807, 2.05) is 0 Å². The van der Waals surface area contributed by atoms with Crippen LogP contribution in [0.3, 0.4) is 0 Å². The number of ether oxygens (including phenoxy) is 1. The monoisotopic (exact) mass is 238 g/mol. The molecule has 92 valence electrons. The van der Waals surface area contributed by atoms with Gasteiger partial charge < -0.3 is 15.3 Å². The van der Waals surface area contributed by atoms with Gasteiger partial charge in [-0.3, -0.25) is 10.1 Å². The van der Waals surface area contributed by atoms with Gasteiger partial charge >= 0.3 is 5.69 Å². The van der Waals surface area contributed by atoms with Crippen molar-refractivity contribution in [3.8, 4) is 5.75 Å². The van der Waals surface area contributed by atoms with Crippen molar-refractivity contribution < 1.29 is 14.5 Å². The minimum Gasteiger partial charge on any atom is -0.487 e. The van der Waals surface area contributed by atoms with Crippen molar-refractivity contribution in [1.82, 2.24) is 0 Å². The third-order valence-corrected chi connectivity index (χ3v) is 2.15. The van der Waals surface area contributed by atoms with Crippen LogP contribution in [0.1, 0.15) is 12.0 Å². The lowest BCUT2D eigenvalue weighted by molar-refractivity contribution is -0.385. The molecule has 0 aliphatic rings. The molecule has 0 saturated heterocycles. The first-order valence-electron chi connectivity index (χ1n) is 5.23. The molecule has 0 unspecified atom stereocenters. The summed E-state index contributed by atoms with van der Waals surface area (Å²) in [4.78, 5) is 20.6. The van der Waals surface area contributed by atoms with Gasteiger partial charge in [-0.05, 0) is 24.6 Å². The highest BCUT2D eigenvalue weighted by molar-refractivity contribution is 5.58. The predicted molar refractivity (Wildman–Crippen MR) is 62.0 cm³/mol. The number of benzene rings is 1. The van der Waals surface area contributed by atoms with Gasteiger partial charge in [0.05, 0.1) is 11.5 Å². The van der Waals surface area contributed by atoms with Gasteiger partial charge in [0.1, 0.15) is 6.29 Å². The van der Waals surface area contributed by atoms with E-state index in [1.54, 1.807) is 6.07 Å². The van der Waals surface area contributed by atoms with E-state index in [4.69, 9.17) is 10.5 Å². The summed E-state index contributed by atoms with van der Waals surface area (Å²) in [7, 11) is 0. The summed E-state index contributed by atoms with van der Waals surface area (Å²) in [5, 5.41) is 10.8. The Hall–Kier alpha value is -1.95. The maximum atomic E-state index is 10.8. The fourth-order valence-electron chi connectivity index (χ4n) is 1.32. The smallest absolute Gasteiger partial charge is 0.311 e. The molecule has 0 spiro atoms. The number of hydrogen-bond donors (Lipinski definition) is 1. The predicted octanol–water partition coefficient (Wildman–Crippen LogP) is 1.06. The van der Waals surface area contributed by atoms with Crippen LogP contribution in [0.15, 0.2) is 18.2 Å². The number of rotatable bonds is 7. The highest BCUT2D eigenvalue weighted by atomic mass is 16.6. The summed E-state index contributed by atoms with van der Waals surface area (Å²) < 4.78 is 5.26. The lowest BCUT2D eigenvalue weighted by Gasteiger charge is -2.06. The molecule has 6 nitrogen and oxygen atoms in total. The second-order valence-electron chi connectivity index (χ2n) is 3.42. The Balaban J connectivity index is 2.88. The fraction of sp³-hybridized carbons (Fsp3) is 0.364. The van der Waals surface area contributed by atoms with Gasteiger partial charge in [0.15, 0.2) is 5.75 Å². The number of carbonyl (C=O) groups excluding carboxylic acids is 1. The van der Waals surface area contributed by atoms with E-state index in [-0.39, 0.29) is 17.9 Å². The number of carbonyl (C=O) groups is 1. The molecule has 6 heteroatoms. The summed E-state index contributed by atoms with van der Waals surface area (Å²) in [6, 6.07) is 4.50. The molecule has 0 heterocycles. The topological polar surface area (TPSA) is 95.5 Å². The number of nitrogens with two attached hydrogens (primary N) is 1. The number of nitro benzene ring substituents is 1. The van der Waals surface area contributed by atoms with Crippen LogP contribution in [0.5, 0.6) is 5.75 Å². The SMILES string of the molecule is NCCCOc1ccc(CC=O)cc1[N+](=O)[O-]. The maximum absolute atomic E-state index is 10.8. The van der Waals surface area contributed by atoms with Crippen LogP contribution < -0.4 is 10.5 Å². The van der Waals surface area contributed by atoms with Crippen LogP contribution in [-0.4, -0.2) is 24.4 Å². The van der Waals surface area contributed by atoms with Crippen molar-refractivity contribution in [3.63, 3.8) is 0 Å². The van der Waals surface area contributed by atoms with Gasteiger partial charge in [-0.1, -0.05) is 6.07 Å². The van der Waals surface area contributed by atoms with E-state index in [1.165, 1.54) is 12.1 Å². The Morgan fingerprint density at radius 3 is 2.82 bits per heavy atom. The van der Waals surface area contributed by atoms with Crippen LogP contribution in [-0.2, 0) is 11.2 Å². The van der Waals surface area contributed by atoms with E-state index in [0.29, 0.717) is 31.4 Å². The maximum Gasteiger partial charge on any atom is 0.311 e. The zero-order chi connectivity index (χ0) is 12.7. The summed E-state index contributed by atoms with van der Waals surface area (Å²) in [5.41, 5.74) is 5.77. The second kappa shape index (κ2) is 6.59. The highest BCUT2D eigenvalue weighted by Gasteiger charge is 2.15. The van der Waals surface area contributed by atoms with E-state index < -0.39 is 4.92 Å². The summed E-state index contributed by atoms with van der Waals surface area (Å²) >= 11 is 0. The molecule has 0 fully saturated rings. The standard InChI is InChI=1S/C11H14N2O4/c12-5-1-7-17-11-3-2-9(4-6-14)8-10(11)13(15)16/h2-3,6,8H,1,4-5,7,12H2. The Morgan fingerprint density at radius 2 is 2.24 bits per heavy atom. The second-order valence-corrected chi connectivity index (χ2v) is 3.42. The Labute approximate surface area is 98.5 Å². The molecule has 1 rings (SSSR count). The van der Waals surface area contributed by atoms with Gasteiger partial charge in [-0.15, -0.1) is 0 Å². The molecule has 1 aromatic carbocycles. The van der Waals surface area contributed by atoms with E-state index >= 15 is 0 Å². The van der Waals surface area contributed by atoms with Crippen LogP contribution in [0.4, 0.5) is 5.69 Å². The Kier molecular flexibility index (Phi) is 5.09. The van der Waals surface area contributed by atoms with Crippen molar-refractivity contribution in [3.05, 3.63) is 33.9 Å². The summed E-state index contributed by atoms with van der Waals surface area (Å²) in [6.07, 6.45) is 1.49. The largest absolute Gasteiger partial charge is 0.487 e. The van der Waals surface area contributed by atoms with E-state index in [2.05, 4.69) is 0 Å². The normalized spacial score (nSPS) is 9.94. The van der Waals surface area contributed by atoms with E-state index in [9.17, 15) is 14.9 Å². The van der Waals surface area contributed by atoms with Gasteiger partial charge in [0.25, 0.3) is 0 Å². The molecule has 0 radical (unpaired) electrons. The molecular formula is C11H14N2O4. The average Bonchev–Trinajstić information content (AvgIpc) is 2.31. The third kappa shape index (κ3) is 3.84. The quantitative estimate of drug-likeness (QED) is 0.331. The molecule has 0 bridgehead atoms. The first kappa shape index (κ1) is 13.1. The van der Waals surface area contributed by atoms with Crippen molar-refractivity contribution in [2.75, 3.05) is 13.2 Å². The van der Waals surface area contributed by atoms with Gasteiger partial charge in [-0.2, -0.15) is 0 Å². The van der Waals surface area contributed by atoms with Crippen LogP contribution in [0.2, 0.25) is 0 Å². The average molecular weight is 238 g/mol. The van der Waals surface area contributed by atoms with Crippen molar-refractivity contribution in [1.29, 1.82) is 0 Å².